The van der Waals surface area contributed by atoms with E-state index in [2.05, 4.69) is 16.0 Å². The fraction of sp³-hybridized carbons (Fsp3) is 0.211. The van der Waals surface area contributed by atoms with Crippen LogP contribution in [0.25, 0.3) is 0 Å². The number of halogens is 2. The van der Waals surface area contributed by atoms with Crippen molar-refractivity contribution in [3.63, 3.8) is 0 Å². The number of rotatable bonds is 6. The lowest BCUT2D eigenvalue weighted by Gasteiger charge is -2.20. The molecule has 1 atom stereocenters. The maximum Gasteiger partial charge on any atom is 0.254 e. The number of hydrogen-bond acceptors (Lipinski definition) is 6. The lowest BCUT2D eigenvalue weighted by molar-refractivity contribution is 0.0966. The molecule has 2 aromatic carbocycles. The van der Waals surface area contributed by atoms with Crippen molar-refractivity contribution in [1.82, 2.24) is 5.32 Å². The Bertz CT molecular complexity index is 1160. The molecule has 9 heteroatoms. The fourth-order valence-corrected chi connectivity index (χ4v) is 3.64. The van der Waals surface area contributed by atoms with Crippen LogP contribution >= 0.6 is 23.2 Å². The molecule has 1 aromatic heterocycles. The van der Waals surface area contributed by atoms with Crippen LogP contribution in [0.5, 0.6) is 0 Å². The maximum absolute atomic E-state index is 12.2. The van der Waals surface area contributed by atoms with Gasteiger partial charge in [0.05, 0.1) is 17.3 Å². The predicted octanol–water partition coefficient (Wildman–Crippen LogP) is 3.73. The smallest absolute Gasteiger partial charge is 0.254 e. The zero-order chi connectivity index (χ0) is 20.0. The summed E-state index contributed by atoms with van der Waals surface area (Å²) in [6, 6.07) is 6.23. The quantitative estimate of drug-likeness (QED) is 0.526. The van der Waals surface area contributed by atoms with Gasteiger partial charge in [0, 0.05) is 17.1 Å². The third-order valence-corrected chi connectivity index (χ3v) is 5.30. The number of fused-ring (bicyclic) bond motifs is 1. The number of furan rings is 1. The number of carbonyl (C=O) groups excluding carboxylic acids is 1. The van der Waals surface area contributed by atoms with Crippen molar-refractivity contribution in [3.05, 3.63) is 71.8 Å². The van der Waals surface area contributed by atoms with E-state index in [1.165, 1.54) is 0 Å². The SMILES string of the molecule is CCC(Nc1c(Nc2ccc(Cl)c3c2C(=O)NC3)c(=O)c1=O)c1ccc(Cl)o1. The van der Waals surface area contributed by atoms with Crippen molar-refractivity contribution in [3.8, 4) is 0 Å². The fourth-order valence-electron chi connectivity index (χ4n) is 3.26. The summed E-state index contributed by atoms with van der Waals surface area (Å²) in [6.45, 7) is 2.22. The normalized spacial score (nSPS) is 14.0. The molecular weight excluding hydrogens is 405 g/mol. The van der Waals surface area contributed by atoms with Crippen LogP contribution < -0.4 is 26.8 Å². The van der Waals surface area contributed by atoms with E-state index in [-0.39, 0.29) is 28.5 Å². The molecular formula is C19H15Cl2N3O4. The first-order valence-corrected chi connectivity index (χ1v) is 9.38. The molecule has 1 aliphatic rings. The second-order valence-electron chi connectivity index (χ2n) is 6.41. The van der Waals surface area contributed by atoms with Gasteiger partial charge in [-0.3, -0.25) is 14.4 Å². The second-order valence-corrected chi connectivity index (χ2v) is 7.19. The van der Waals surface area contributed by atoms with Gasteiger partial charge in [-0.1, -0.05) is 18.5 Å². The molecule has 0 bridgehead atoms. The van der Waals surface area contributed by atoms with Gasteiger partial charge in [-0.25, -0.2) is 0 Å². The summed E-state index contributed by atoms with van der Waals surface area (Å²) in [7, 11) is 0. The first-order valence-electron chi connectivity index (χ1n) is 8.62. The summed E-state index contributed by atoms with van der Waals surface area (Å²) >= 11 is 12.0. The van der Waals surface area contributed by atoms with E-state index in [0.717, 1.165) is 0 Å². The molecule has 1 amide bonds. The molecule has 0 spiro atoms. The number of nitrogens with one attached hydrogen (secondary N) is 3. The molecule has 4 rings (SSSR count). The van der Waals surface area contributed by atoms with Gasteiger partial charge >= 0.3 is 0 Å². The highest BCUT2D eigenvalue weighted by atomic mass is 35.5. The third-order valence-electron chi connectivity index (χ3n) is 4.74. The van der Waals surface area contributed by atoms with Crippen LogP contribution in [0.2, 0.25) is 10.2 Å². The molecule has 2 heterocycles. The molecule has 144 valence electrons. The standard InChI is InChI=1S/C19H15Cl2N3O4/c1-2-10(12-5-6-13(21)28-12)23-15-16(18(26)17(15)25)24-11-4-3-9(20)8-7-22-19(27)14(8)11/h3-6,10,23-24H,2,7H2,1H3,(H,22,27). The number of hydrogen-bond donors (Lipinski definition) is 3. The molecule has 28 heavy (non-hydrogen) atoms. The Kier molecular flexibility index (Phi) is 4.64. The van der Waals surface area contributed by atoms with Crippen molar-refractivity contribution in [1.29, 1.82) is 0 Å². The van der Waals surface area contributed by atoms with E-state index in [1.54, 1.807) is 24.3 Å². The predicted molar refractivity (Wildman–Crippen MR) is 108 cm³/mol. The highest BCUT2D eigenvalue weighted by Crippen LogP contribution is 2.34. The van der Waals surface area contributed by atoms with Crippen molar-refractivity contribution in [2.75, 3.05) is 10.6 Å². The summed E-state index contributed by atoms with van der Waals surface area (Å²) in [5, 5.41) is 9.36. The third kappa shape index (κ3) is 2.96. The van der Waals surface area contributed by atoms with Gasteiger partial charge < -0.3 is 20.4 Å². The topological polar surface area (TPSA) is 100 Å². The van der Waals surface area contributed by atoms with Gasteiger partial charge in [0.25, 0.3) is 16.8 Å². The van der Waals surface area contributed by atoms with Gasteiger partial charge in [-0.05, 0) is 42.3 Å². The summed E-state index contributed by atoms with van der Waals surface area (Å²) in [5.41, 5.74) is 0.402. The highest BCUT2D eigenvalue weighted by Gasteiger charge is 2.29. The van der Waals surface area contributed by atoms with Crippen LogP contribution in [-0.2, 0) is 6.54 Å². The Labute approximate surface area is 169 Å². The molecule has 0 fully saturated rings. The molecule has 1 aliphatic heterocycles. The average molecular weight is 420 g/mol. The average Bonchev–Trinajstić information content (AvgIpc) is 3.29. The van der Waals surface area contributed by atoms with E-state index in [9.17, 15) is 14.4 Å². The highest BCUT2D eigenvalue weighted by molar-refractivity contribution is 6.32. The number of carbonyl (C=O) groups is 1. The van der Waals surface area contributed by atoms with E-state index in [4.69, 9.17) is 27.6 Å². The Morgan fingerprint density at radius 1 is 1.11 bits per heavy atom. The first kappa shape index (κ1) is 18.6. The van der Waals surface area contributed by atoms with Crippen LogP contribution in [0.1, 0.15) is 41.1 Å². The molecule has 0 saturated carbocycles. The number of benzene rings is 1. The maximum atomic E-state index is 12.2. The van der Waals surface area contributed by atoms with Crippen molar-refractivity contribution in [2.45, 2.75) is 25.9 Å². The minimum atomic E-state index is -0.656. The van der Waals surface area contributed by atoms with E-state index in [0.29, 0.717) is 40.6 Å². The lowest BCUT2D eigenvalue weighted by atomic mass is 10.1. The molecule has 1 unspecified atom stereocenters. The van der Waals surface area contributed by atoms with Crippen LogP contribution in [0.15, 0.2) is 38.3 Å². The Morgan fingerprint density at radius 3 is 2.54 bits per heavy atom. The van der Waals surface area contributed by atoms with E-state index in [1.807, 2.05) is 6.92 Å². The Hall–Kier alpha value is -2.77. The molecule has 0 saturated heterocycles. The summed E-state index contributed by atoms with van der Waals surface area (Å²) in [4.78, 5) is 36.4. The van der Waals surface area contributed by atoms with Crippen LogP contribution in [0, 0.1) is 0 Å². The monoisotopic (exact) mass is 419 g/mol. The Balaban J connectivity index is 1.66. The zero-order valence-corrected chi connectivity index (χ0v) is 16.2. The van der Waals surface area contributed by atoms with Gasteiger partial charge in [-0.15, -0.1) is 0 Å². The van der Waals surface area contributed by atoms with Crippen LogP contribution in [0.4, 0.5) is 17.1 Å². The summed E-state index contributed by atoms with van der Waals surface area (Å²) < 4.78 is 5.41. The first-order chi connectivity index (χ1) is 13.4. The number of anilines is 3. The van der Waals surface area contributed by atoms with Crippen LogP contribution in [0.3, 0.4) is 0 Å². The van der Waals surface area contributed by atoms with Crippen molar-refractivity contribution >= 4 is 46.2 Å². The van der Waals surface area contributed by atoms with Crippen LogP contribution in [-0.4, -0.2) is 5.91 Å². The van der Waals surface area contributed by atoms with Gasteiger partial charge in [-0.2, -0.15) is 0 Å². The molecule has 3 N–H and O–H groups in total. The van der Waals surface area contributed by atoms with Gasteiger partial charge in [0.15, 0.2) is 5.22 Å². The zero-order valence-electron chi connectivity index (χ0n) is 14.7. The molecule has 0 radical (unpaired) electrons. The lowest BCUT2D eigenvalue weighted by Crippen LogP contribution is -2.37. The Morgan fingerprint density at radius 2 is 1.86 bits per heavy atom. The summed E-state index contributed by atoms with van der Waals surface area (Å²) in [6.07, 6.45) is 0.598. The van der Waals surface area contributed by atoms with Gasteiger partial charge in [0.1, 0.15) is 17.1 Å². The minimum Gasteiger partial charge on any atom is -0.448 e. The molecule has 0 aliphatic carbocycles. The second kappa shape index (κ2) is 7.00. The van der Waals surface area contributed by atoms with Crippen molar-refractivity contribution < 1.29 is 9.21 Å². The van der Waals surface area contributed by atoms with E-state index < -0.39 is 10.9 Å². The number of amides is 1. The van der Waals surface area contributed by atoms with Gasteiger partial charge in [0.2, 0.25) is 0 Å². The van der Waals surface area contributed by atoms with Crippen molar-refractivity contribution in [2.24, 2.45) is 0 Å². The summed E-state index contributed by atoms with van der Waals surface area (Å²) in [5.74, 6) is 0.267. The molecule has 7 nitrogen and oxygen atoms in total. The minimum absolute atomic E-state index is 0.102. The molecule has 3 aromatic rings. The van der Waals surface area contributed by atoms with E-state index >= 15 is 0 Å². The largest absolute Gasteiger partial charge is 0.448 e.